The lowest BCUT2D eigenvalue weighted by molar-refractivity contribution is -0.699. The zero-order valence-corrected chi connectivity index (χ0v) is 25.7. The van der Waals surface area contributed by atoms with E-state index in [1.54, 1.807) is 6.07 Å². The van der Waals surface area contributed by atoms with Crippen molar-refractivity contribution in [1.82, 2.24) is 20.2 Å². The predicted molar refractivity (Wildman–Crippen MR) is 160 cm³/mol. The number of anilines is 3. The van der Waals surface area contributed by atoms with Crippen molar-refractivity contribution in [3.8, 4) is 0 Å². The zero-order valence-electron chi connectivity index (χ0n) is 23.3. The van der Waals surface area contributed by atoms with Crippen LogP contribution in [0.4, 0.5) is 16.8 Å². The van der Waals surface area contributed by atoms with Crippen LogP contribution in [0.25, 0.3) is 0 Å². The molecule has 0 spiro atoms. The maximum Gasteiger partial charge on any atom is 0.352 e. The third-order valence-electron chi connectivity index (χ3n) is 6.19. The van der Waals surface area contributed by atoms with E-state index in [-0.39, 0.29) is 34.4 Å². The van der Waals surface area contributed by atoms with Crippen molar-refractivity contribution in [3.05, 3.63) is 28.4 Å². The highest BCUT2D eigenvalue weighted by atomic mass is 32.2. The van der Waals surface area contributed by atoms with Crippen LogP contribution >= 0.6 is 34.9 Å². The van der Waals surface area contributed by atoms with Gasteiger partial charge in [-0.3, -0.25) is 19.3 Å². The molecule has 0 bridgehead atoms. The highest BCUT2D eigenvalue weighted by Crippen LogP contribution is 2.41. The summed E-state index contributed by atoms with van der Waals surface area (Å²) in [5, 5.41) is 30.1. The Balaban J connectivity index is 1.50. The normalized spacial score (nSPS) is 18.9. The number of thioether (sulfide) groups is 2. The minimum atomic E-state index is -1.27. The molecule has 2 aliphatic heterocycles. The average molecular weight is 653 g/mol. The summed E-state index contributed by atoms with van der Waals surface area (Å²) in [7, 11) is 1.81. The van der Waals surface area contributed by atoms with Gasteiger partial charge in [0.15, 0.2) is 10.8 Å². The number of amides is 2. The van der Waals surface area contributed by atoms with E-state index in [0.29, 0.717) is 28.8 Å². The second kappa shape index (κ2) is 13.5. The Morgan fingerprint density at radius 1 is 1.33 bits per heavy atom. The Labute approximate surface area is 257 Å². The smallest absolute Gasteiger partial charge is 0.352 e. The standard InChI is InChI=1S/C24H29N9O7S3/c1-4-27-14-6-13(25)29-24(32(14)3)43-8-11-7-41-21-17(20(37)33(21)18(11)22(38)39)30-19(36)16(12-9-42-23(26)28-12)31-40-10(2)5-15(34)35/h6,9-10,17,21H,4-5,7-8H2,1-3H3,(H7,25,26,27,28,30,34,35,36,38,39)/p+1/b31-16-/t10?,17?,21-/m1/s1. The number of nitrogens with zero attached hydrogens (tertiary/aromatic N) is 5. The molecule has 3 atom stereocenters. The third kappa shape index (κ3) is 7.11. The fourth-order valence-electron chi connectivity index (χ4n) is 4.22. The molecule has 2 unspecified atom stereocenters. The maximum absolute atomic E-state index is 13.2. The average Bonchev–Trinajstić information content (AvgIpc) is 3.37. The molecular weight excluding hydrogens is 623 g/mol. The highest BCUT2D eigenvalue weighted by Gasteiger charge is 2.54. The number of carbonyl (C=O) groups excluding carboxylic acids is 2. The number of oxime groups is 1. The number of fused-ring (bicyclic) bond motifs is 1. The number of rotatable bonds is 13. The van der Waals surface area contributed by atoms with E-state index in [1.807, 2.05) is 18.5 Å². The molecule has 19 heteroatoms. The number of hydrogen-bond donors (Lipinski definition) is 6. The van der Waals surface area contributed by atoms with Crippen LogP contribution < -0.4 is 26.7 Å². The number of aliphatic carboxylic acids is 2. The van der Waals surface area contributed by atoms with E-state index in [9.17, 15) is 24.3 Å². The fourth-order valence-corrected chi connectivity index (χ4v) is 7.25. The van der Waals surface area contributed by atoms with Gasteiger partial charge in [0.25, 0.3) is 11.8 Å². The van der Waals surface area contributed by atoms with Gasteiger partial charge in [-0.15, -0.1) is 23.1 Å². The Morgan fingerprint density at radius 3 is 2.70 bits per heavy atom. The molecule has 0 radical (unpaired) electrons. The van der Waals surface area contributed by atoms with Crippen molar-refractivity contribution in [2.45, 2.75) is 42.9 Å². The summed E-state index contributed by atoms with van der Waals surface area (Å²) in [5.74, 6) is -2.20. The summed E-state index contributed by atoms with van der Waals surface area (Å²) in [5.41, 5.74) is 11.8. The van der Waals surface area contributed by atoms with Crippen molar-refractivity contribution in [1.29, 1.82) is 0 Å². The van der Waals surface area contributed by atoms with Crippen LogP contribution in [0.1, 0.15) is 26.0 Å². The van der Waals surface area contributed by atoms with Gasteiger partial charge in [0.05, 0.1) is 26.1 Å². The van der Waals surface area contributed by atoms with Crippen LogP contribution in [-0.2, 0) is 31.1 Å². The van der Waals surface area contributed by atoms with Crippen LogP contribution in [0, 0.1) is 0 Å². The number of nitrogen functional groups attached to an aromatic ring is 2. The van der Waals surface area contributed by atoms with Crippen LogP contribution in [0.3, 0.4) is 0 Å². The number of carboxylic acid groups (broad SMARTS) is 2. The molecule has 8 N–H and O–H groups in total. The summed E-state index contributed by atoms with van der Waals surface area (Å²) < 4.78 is 1.81. The monoisotopic (exact) mass is 652 g/mol. The fraction of sp³-hybridized carbons (Fsp3) is 0.417. The molecule has 0 aromatic carbocycles. The molecule has 1 fully saturated rings. The maximum atomic E-state index is 13.2. The number of aromatic nitrogens is 3. The van der Waals surface area contributed by atoms with Gasteiger partial charge < -0.3 is 37.2 Å². The molecule has 230 valence electrons. The molecule has 2 aromatic rings. The summed E-state index contributed by atoms with van der Waals surface area (Å²) in [4.78, 5) is 64.5. The largest absolute Gasteiger partial charge is 0.481 e. The summed E-state index contributed by atoms with van der Waals surface area (Å²) in [6, 6.07) is 0.654. The molecule has 2 aliphatic rings. The number of thiazole rings is 1. The third-order valence-corrected chi connectivity index (χ3v) is 9.32. The van der Waals surface area contributed by atoms with Gasteiger partial charge in [-0.1, -0.05) is 10.1 Å². The van der Waals surface area contributed by atoms with Gasteiger partial charge in [-0.05, 0) is 31.2 Å². The van der Waals surface area contributed by atoms with E-state index in [1.165, 1.54) is 35.8 Å². The summed E-state index contributed by atoms with van der Waals surface area (Å²) in [6.07, 6.45) is -1.22. The number of carbonyl (C=O) groups is 4. The summed E-state index contributed by atoms with van der Waals surface area (Å²) in [6.45, 7) is 4.08. The van der Waals surface area contributed by atoms with Crippen LogP contribution in [-0.4, -0.2) is 90.1 Å². The molecule has 0 aliphatic carbocycles. The number of carboxylic acids is 2. The Morgan fingerprint density at radius 2 is 2.07 bits per heavy atom. The molecule has 2 amide bonds. The first kappa shape index (κ1) is 31.8. The van der Waals surface area contributed by atoms with E-state index >= 15 is 0 Å². The molecule has 1 saturated heterocycles. The van der Waals surface area contributed by atoms with Crippen molar-refractivity contribution >= 4 is 81.1 Å². The number of nitrogens with one attached hydrogen (secondary N) is 2. The van der Waals surface area contributed by atoms with Gasteiger partial charge >= 0.3 is 17.1 Å². The SMILES string of the molecule is CCNc1cc(N)nc(SCC2=C(C(=O)O)N3C(=O)C(NC(=O)/C(=N\OC(C)CC(=O)O)c4csc(N)n4)[C@H]3SC2)[n+]1C. The van der Waals surface area contributed by atoms with Gasteiger partial charge in [0, 0.05) is 16.9 Å². The number of β-lactam (4-membered cyclic amide) rings is 1. The lowest BCUT2D eigenvalue weighted by Gasteiger charge is -2.49. The first-order valence-electron chi connectivity index (χ1n) is 12.8. The van der Waals surface area contributed by atoms with E-state index in [2.05, 4.69) is 25.8 Å². The molecule has 4 rings (SSSR count). The Bertz CT molecular complexity index is 1510. The van der Waals surface area contributed by atoms with Crippen molar-refractivity contribution in [2.75, 3.05) is 34.8 Å². The minimum Gasteiger partial charge on any atom is -0.481 e. The van der Waals surface area contributed by atoms with Gasteiger partial charge in [-0.2, -0.15) is 0 Å². The van der Waals surface area contributed by atoms with Crippen molar-refractivity contribution in [3.63, 3.8) is 0 Å². The molecular formula is C24H30N9O7S3+. The number of hydrogen-bond acceptors (Lipinski definition) is 14. The van der Waals surface area contributed by atoms with Crippen molar-refractivity contribution in [2.24, 2.45) is 12.2 Å². The van der Waals surface area contributed by atoms with Crippen molar-refractivity contribution < 1.29 is 38.8 Å². The zero-order chi connectivity index (χ0) is 31.4. The first-order chi connectivity index (χ1) is 20.4. The second-order valence-electron chi connectivity index (χ2n) is 9.37. The van der Waals surface area contributed by atoms with Crippen LogP contribution in [0.15, 0.2) is 33.0 Å². The van der Waals surface area contributed by atoms with E-state index in [4.69, 9.17) is 21.4 Å². The molecule has 16 nitrogen and oxygen atoms in total. The Hall–Kier alpha value is -4.10. The molecule has 2 aromatic heterocycles. The predicted octanol–water partition coefficient (Wildman–Crippen LogP) is 0.0736. The molecule has 0 saturated carbocycles. The van der Waals surface area contributed by atoms with E-state index < -0.39 is 41.3 Å². The van der Waals surface area contributed by atoms with Crippen LogP contribution in [0.2, 0.25) is 0 Å². The van der Waals surface area contributed by atoms with E-state index in [0.717, 1.165) is 22.1 Å². The topological polar surface area (TPSA) is 239 Å². The highest BCUT2D eigenvalue weighted by molar-refractivity contribution is 8.01. The first-order valence-corrected chi connectivity index (χ1v) is 15.7. The van der Waals surface area contributed by atoms with Gasteiger partial charge in [-0.25, -0.2) is 14.3 Å². The van der Waals surface area contributed by atoms with Crippen LogP contribution in [0.5, 0.6) is 0 Å². The second-order valence-corrected chi connectivity index (χ2v) is 12.3. The summed E-state index contributed by atoms with van der Waals surface area (Å²) >= 11 is 3.65. The molecule has 4 heterocycles. The number of nitrogens with two attached hydrogens (primary N) is 2. The minimum absolute atomic E-state index is 0.0773. The van der Waals surface area contributed by atoms with Gasteiger partial charge in [0.2, 0.25) is 11.6 Å². The lowest BCUT2D eigenvalue weighted by atomic mass is 10.0. The quantitative estimate of drug-likeness (QED) is 0.0419. The lowest BCUT2D eigenvalue weighted by Crippen LogP contribution is -2.71. The van der Waals surface area contributed by atoms with Gasteiger partial charge in [0.1, 0.15) is 28.9 Å². The Kier molecular flexibility index (Phi) is 9.97. The molecule has 43 heavy (non-hydrogen) atoms.